The number of nitrogens with two attached hydrogens (primary N) is 1. The summed E-state index contributed by atoms with van der Waals surface area (Å²) in [6.07, 6.45) is -0.132. The second-order valence-electron chi connectivity index (χ2n) is 2.83. The average molecular weight is 274 g/mol. The van der Waals surface area contributed by atoms with E-state index in [1.165, 1.54) is 0 Å². The summed E-state index contributed by atoms with van der Waals surface area (Å²) in [5, 5.41) is 0. The molecule has 0 aliphatic rings. The molecule has 0 bridgehead atoms. The predicted molar refractivity (Wildman–Crippen MR) is 59.8 cm³/mol. The summed E-state index contributed by atoms with van der Waals surface area (Å²) in [6, 6.07) is 7.54. The maximum Gasteiger partial charge on any atom is 0.404 e. The molecule has 0 spiro atoms. The highest BCUT2D eigenvalue weighted by atomic mass is 79.9. The van der Waals surface area contributed by atoms with E-state index in [0.29, 0.717) is 13.0 Å². The average Bonchev–Trinajstić information content (AvgIpc) is 2.17. The van der Waals surface area contributed by atoms with Crippen LogP contribution in [-0.2, 0) is 4.74 Å². The molecule has 1 amide bonds. The van der Waals surface area contributed by atoms with Gasteiger partial charge in [0.05, 0.1) is 13.2 Å². The molecule has 1 rings (SSSR count). The number of carbonyl (C=O) groups is 1. The summed E-state index contributed by atoms with van der Waals surface area (Å²) in [5.41, 5.74) is 4.80. The molecular formula is C10H12BrNO3. The summed E-state index contributed by atoms with van der Waals surface area (Å²) in [7, 11) is 0. The number of ether oxygens (including phenoxy) is 2. The van der Waals surface area contributed by atoms with E-state index in [9.17, 15) is 4.79 Å². The quantitative estimate of drug-likeness (QED) is 0.838. The first kappa shape index (κ1) is 11.8. The minimum Gasteiger partial charge on any atom is -0.493 e. The molecule has 4 nitrogen and oxygen atoms in total. The summed E-state index contributed by atoms with van der Waals surface area (Å²) in [5.74, 6) is 0.781. The number of halogens is 1. The van der Waals surface area contributed by atoms with Gasteiger partial charge in [0.2, 0.25) is 0 Å². The summed E-state index contributed by atoms with van der Waals surface area (Å²) < 4.78 is 10.9. The lowest BCUT2D eigenvalue weighted by molar-refractivity contribution is 0.147. The SMILES string of the molecule is NC(=O)OCCCOc1cccc(Br)c1. The summed E-state index contributed by atoms with van der Waals surface area (Å²) in [4.78, 5) is 10.2. The van der Waals surface area contributed by atoms with Crippen molar-refractivity contribution >= 4 is 22.0 Å². The molecule has 0 aliphatic carbocycles. The van der Waals surface area contributed by atoms with E-state index in [2.05, 4.69) is 20.7 Å². The fourth-order valence-electron chi connectivity index (χ4n) is 0.978. The van der Waals surface area contributed by atoms with Crippen LogP contribution in [0.4, 0.5) is 4.79 Å². The van der Waals surface area contributed by atoms with Crippen LogP contribution in [0.1, 0.15) is 6.42 Å². The molecule has 0 atom stereocenters. The molecule has 0 saturated carbocycles. The molecule has 0 unspecified atom stereocenters. The Balaban J connectivity index is 2.17. The van der Waals surface area contributed by atoms with Crippen molar-refractivity contribution < 1.29 is 14.3 Å². The molecule has 5 heteroatoms. The number of hydrogen-bond acceptors (Lipinski definition) is 3. The van der Waals surface area contributed by atoms with Crippen molar-refractivity contribution in [2.24, 2.45) is 5.73 Å². The third kappa shape index (κ3) is 5.27. The molecule has 0 heterocycles. The van der Waals surface area contributed by atoms with E-state index in [1.807, 2.05) is 24.3 Å². The first-order chi connectivity index (χ1) is 7.18. The molecule has 0 aliphatic heterocycles. The van der Waals surface area contributed by atoms with Gasteiger partial charge in [-0.1, -0.05) is 22.0 Å². The lowest BCUT2D eigenvalue weighted by Crippen LogP contribution is -2.15. The highest BCUT2D eigenvalue weighted by Gasteiger charge is 1.96. The Hall–Kier alpha value is -1.23. The highest BCUT2D eigenvalue weighted by Crippen LogP contribution is 2.17. The molecule has 1 aromatic carbocycles. The number of carbonyl (C=O) groups excluding carboxylic acids is 1. The molecule has 0 radical (unpaired) electrons. The Bertz CT molecular complexity index is 330. The number of hydrogen-bond donors (Lipinski definition) is 1. The van der Waals surface area contributed by atoms with Gasteiger partial charge in [-0.3, -0.25) is 0 Å². The van der Waals surface area contributed by atoms with Crippen LogP contribution < -0.4 is 10.5 Å². The van der Waals surface area contributed by atoms with Crippen molar-refractivity contribution in [1.82, 2.24) is 0 Å². The van der Waals surface area contributed by atoms with Crippen LogP contribution in [0.25, 0.3) is 0 Å². The van der Waals surface area contributed by atoms with E-state index < -0.39 is 6.09 Å². The number of amides is 1. The molecule has 82 valence electrons. The van der Waals surface area contributed by atoms with E-state index in [4.69, 9.17) is 10.5 Å². The van der Waals surface area contributed by atoms with Gasteiger partial charge in [-0.15, -0.1) is 0 Å². The Morgan fingerprint density at radius 3 is 2.87 bits per heavy atom. The molecule has 1 aromatic rings. The maximum atomic E-state index is 10.2. The Kier molecular flexibility index (Phi) is 4.97. The minimum absolute atomic E-state index is 0.281. The van der Waals surface area contributed by atoms with Gasteiger partial charge in [-0.25, -0.2) is 4.79 Å². The van der Waals surface area contributed by atoms with Gasteiger partial charge in [0.25, 0.3) is 0 Å². The smallest absolute Gasteiger partial charge is 0.404 e. The molecule has 2 N–H and O–H groups in total. The Labute approximate surface area is 96.5 Å². The van der Waals surface area contributed by atoms with Crippen molar-refractivity contribution in [3.05, 3.63) is 28.7 Å². The van der Waals surface area contributed by atoms with E-state index >= 15 is 0 Å². The molecular weight excluding hydrogens is 262 g/mol. The fourth-order valence-corrected chi connectivity index (χ4v) is 1.36. The van der Waals surface area contributed by atoms with Crippen LogP contribution in [-0.4, -0.2) is 19.3 Å². The Morgan fingerprint density at radius 2 is 2.20 bits per heavy atom. The molecule has 0 aromatic heterocycles. The van der Waals surface area contributed by atoms with Gasteiger partial charge < -0.3 is 15.2 Å². The van der Waals surface area contributed by atoms with Crippen LogP contribution in [0.3, 0.4) is 0 Å². The first-order valence-corrected chi connectivity index (χ1v) is 5.28. The number of rotatable bonds is 5. The van der Waals surface area contributed by atoms with E-state index in [-0.39, 0.29) is 6.61 Å². The minimum atomic E-state index is -0.752. The lowest BCUT2D eigenvalue weighted by Gasteiger charge is -2.06. The highest BCUT2D eigenvalue weighted by molar-refractivity contribution is 9.10. The van der Waals surface area contributed by atoms with Gasteiger partial charge in [0, 0.05) is 10.9 Å². The summed E-state index contributed by atoms with van der Waals surface area (Å²) in [6.45, 7) is 0.771. The van der Waals surface area contributed by atoms with Crippen LogP contribution in [0.2, 0.25) is 0 Å². The molecule has 0 saturated heterocycles. The second kappa shape index (κ2) is 6.29. The maximum absolute atomic E-state index is 10.2. The second-order valence-corrected chi connectivity index (χ2v) is 3.74. The molecule has 15 heavy (non-hydrogen) atoms. The van der Waals surface area contributed by atoms with Gasteiger partial charge in [0.15, 0.2) is 0 Å². The lowest BCUT2D eigenvalue weighted by atomic mass is 10.3. The zero-order valence-corrected chi connectivity index (χ0v) is 9.70. The van der Waals surface area contributed by atoms with Gasteiger partial charge in [-0.2, -0.15) is 0 Å². The predicted octanol–water partition coefficient (Wildman–Crippen LogP) is 2.31. The Morgan fingerprint density at radius 1 is 1.40 bits per heavy atom. The third-order valence-corrected chi connectivity index (χ3v) is 2.09. The summed E-state index contributed by atoms with van der Waals surface area (Å²) >= 11 is 3.34. The monoisotopic (exact) mass is 273 g/mol. The van der Waals surface area contributed by atoms with Crippen molar-refractivity contribution in [2.45, 2.75) is 6.42 Å². The number of benzene rings is 1. The first-order valence-electron chi connectivity index (χ1n) is 4.49. The largest absolute Gasteiger partial charge is 0.493 e. The number of primary amides is 1. The molecule has 0 fully saturated rings. The van der Waals surface area contributed by atoms with Crippen LogP contribution >= 0.6 is 15.9 Å². The van der Waals surface area contributed by atoms with Gasteiger partial charge in [0.1, 0.15) is 5.75 Å². The normalized spacial score (nSPS) is 9.67. The van der Waals surface area contributed by atoms with Crippen molar-refractivity contribution in [1.29, 1.82) is 0 Å². The van der Waals surface area contributed by atoms with Crippen LogP contribution in [0, 0.1) is 0 Å². The zero-order valence-electron chi connectivity index (χ0n) is 8.11. The third-order valence-electron chi connectivity index (χ3n) is 1.60. The van der Waals surface area contributed by atoms with Crippen molar-refractivity contribution in [3.8, 4) is 5.75 Å². The van der Waals surface area contributed by atoms with Gasteiger partial charge in [-0.05, 0) is 18.2 Å². The van der Waals surface area contributed by atoms with Gasteiger partial charge >= 0.3 is 6.09 Å². The van der Waals surface area contributed by atoms with Crippen LogP contribution in [0.5, 0.6) is 5.75 Å². The zero-order chi connectivity index (χ0) is 11.1. The van der Waals surface area contributed by atoms with E-state index in [1.54, 1.807) is 0 Å². The fraction of sp³-hybridized carbons (Fsp3) is 0.300. The standard InChI is InChI=1S/C10H12BrNO3/c11-8-3-1-4-9(7-8)14-5-2-6-15-10(12)13/h1,3-4,7H,2,5-6H2,(H2,12,13). The van der Waals surface area contributed by atoms with E-state index in [0.717, 1.165) is 10.2 Å². The van der Waals surface area contributed by atoms with Crippen molar-refractivity contribution in [2.75, 3.05) is 13.2 Å². The topological polar surface area (TPSA) is 61.6 Å². The van der Waals surface area contributed by atoms with Crippen LogP contribution in [0.15, 0.2) is 28.7 Å². The van der Waals surface area contributed by atoms with Crippen molar-refractivity contribution in [3.63, 3.8) is 0 Å².